The van der Waals surface area contributed by atoms with Crippen molar-refractivity contribution in [1.82, 2.24) is 14.7 Å². The molecule has 1 aromatic carbocycles. The SMILES string of the molecule is O=C(CCc1ccc(Cl)cc1)NCc1cn2cc(Cl)ccc2n1. The fourth-order valence-corrected chi connectivity index (χ4v) is 2.58. The number of hydrogen-bond acceptors (Lipinski definition) is 2. The van der Waals surface area contributed by atoms with Crippen LogP contribution < -0.4 is 5.32 Å². The molecule has 0 spiro atoms. The number of carbonyl (C=O) groups is 1. The number of amides is 1. The van der Waals surface area contributed by atoms with Crippen LogP contribution in [0.25, 0.3) is 5.65 Å². The topological polar surface area (TPSA) is 46.4 Å². The number of carbonyl (C=O) groups excluding carboxylic acids is 1. The number of aryl methyl sites for hydroxylation is 1. The predicted octanol–water partition coefficient (Wildman–Crippen LogP) is 3.89. The molecule has 0 atom stereocenters. The molecule has 0 radical (unpaired) electrons. The standard InChI is InChI=1S/C17H15Cl2N3O/c18-13-4-1-12(2-5-13)3-8-17(23)20-9-15-11-22-10-14(19)6-7-16(22)21-15/h1-2,4-7,10-11H,3,8-9H2,(H,20,23). The van der Waals surface area contributed by atoms with Crippen molar-refractivity contribution in [2.75, 3.05) is 0 Å². The van der Waals surface area contributed by atoms with Crippen LogP contribution in [0, 0.1) is 0 Å². The summed E-state index contributed by atoms with van der Waals surface area (Å²) in [5.41, 5.74) is 2.69. The van der Waals surface area contributed by atoms with Gasteiger partial charge in [0.25, 0.3) is 0 Å². The van der Waals surface area contributed by atoms with Crippen molar-refractivity contribution in [3.8, 4) is 0 Å². The molecule has 2 heterocycles. The van der Waals surface area contributed by atoms with Gasteiger partial charge in [0.1, 0.15) is 5.65 Å². The number of pyridine rings is 1. The highest BCUT2D eigenvalue weighted by atomic mass is 35.5. The number of hydrogen-bond donors (Lipinski definition) is 1. The third kappa shape index (κ3) is 4.24. The molecule has 0 unspecified atom stereocenters. The van der Waals surface area contributed by atoms with Gasteiger partial charge in [-0.15, -0.1) is 0 Å². The Morgan fingerprint density at radius 2 is 1.78 bits per heavy atom. The Morgan fingerprint density at radius 1 is 1.04 bits per heavy atom. The van der Waals surface area contributed by atoms with E-state index in [1.54, 1.807) is 12.3 Å². The summed E-state index contributed by atoms with van der Waals surface area (Å²) in [6.45, 7) is 0.402. The first-order chi connectivity index (χ1) is 11.1. The number of fused-ring (bicyclic) bond motifs is 1. The van der Waals surface area contributed by atoms with Gasteiger partial charge in [-0.2, -0.15) is 0 Å². The van der Waals surface area contributed by atoms with Crippen LogP contribution in [0.2, 0.25) is 10.0 Å². The normalized spacial score (nSPS) is 10.9. The van der Waals surface area contributed by atoms with Crippen molar-refractivity contribution in [3.05, 3.63) is 70.1 Å². The Hall–Kier alpha value is -2.04. The van der Waals surface area contributed by atoms with Gasteiger partial charge in [-0.25, -0.2) is 4.98 Å². The van der Waals surface area contributed by atoms with Crippen molar-refractivity contribution in [2.45, 2.75) is 19.4 Å². The second-order valence-corrected chi connectivity index (χ2v) is 6.12. The van der Waals surface area contributed by atoms with E-state index in [4.69, 9.17) is 23.2 Å². The van der Waals surface area contributed by atoms with Crippen LogP contribution in [0.3, 0.4) is 0 Å². The summed E-state index contributed by atoms with van der Waals surface area (Å²) >= 11 is 11.8. The molecule has 3 rings (SSSR count). The minimum atomic E-state index is -0.00459. The summed E-state index contributed by atoms with van der Waals surface area (Å²) in [6, 6.07) is 11.2. The second kappa shape index (κ2) is 7.02. The third-order valence-electron chi connectivity index (χ3n) is 3.49. The molecule has 0 fully saturated rings. The van der Waals surface area contributed by atoms with E-state index >= 15 is 0 Å². The number of halogens is 2. The first kappa shape index (κ1) is 15.8. The lowest BCUT2D eigenvalue weighted by Crippen LogP contribution is -2.23. The summed E-state index contributed by atoms with van der Waals surface area (Å²) in [5, 5.41) is 4.23. The van der Waals surface area contributed by atoms with Gasteiger partial charge >= 0.3 is 0 Å². The van der Waals surface area contributed by atoms with E-state index in [1.807, 2.05) is 40.9 Å². The van der Waals surface area contributed by atoms with Crippen LogP contribution in [0.1, 0.15) is 17.7 Å². The molecule has 0 bridgehead atoms. The van der Waals surface area contributed by atoms with Gasteiger partial charge in [0, 0.05) is 23.8 Å². The molecule has 6 heteroatoms. The highest BCUT2D eigenvalue weighted by molar-refractivity contribution is 6.30. The molecule has 0 aliphatic rings. The average molecular weight is 348 g/mol. The summed E-state index contributed by atoms with van der Waals surface area (Å²) in [4.78, 5) is 16.4. The first-order valence-electron chi connectivity index (χ1n) is 7.24. The van der Waals surface area contributed by atoms with Crippen LogP contribution in [-0.4, -0.2) is 15.3 Å². The molecule has 0 aliphatic heterocycles. The molecule has 1 amide bonds. The van der Waals surface area contributed by atoms with E-state index in [0.717, 1.165) is 16.9 Å². The molecular formula is C17H15Cl2N3O. The lowest BCUT2D eigenvalue weighted by molar-refractivity contribution is -0.121. The maximum absolute atomic E-state index is 11.9. The Morgan fingerprint density at radius 3 is 2.57 bits per heavy atom. The van der Waals surface area contributed by atoms with Gasteiger partial charge < -0.3 is 9.72 Å². The van der Waals surface area contributed by atoms with Crippen molar-refractivity contribution in [2.24, 2.45) is 0 Å². The zero-order chi connectivity index (χ0) is 16.2. The Balaban J connectivity index is 1.52. The van der Waals surface area contributed by atoms with Crippen LogP contribution in [0.5, 0.6) is 0 Å². The average Bonchev–Trinajstić information content (AvgIpc) is 2.94. The Kier molecular flexibility index (Phi) is 4.84. The summed E-state index contributed by atoms with van der Waals surface area (Å²) in [6.07, 6.45) is 4.76. The molecule has 4 nitrogen and oxygen atoms in total. The van der Waals surface area contributed by atoms with Crippen molar-refractivity contribution < 1.29 is 4.79 Å². The summed E-state index contributed by atoms with van der Waals surface area (Å²) in [5.74, 6) is -0.00459. The lowest BCUT2D eigenvalue weighted by Gasteiger charge is -2.03. The fraction of sp³-hybridized carbons (Fsp3) is 0.176. The van der Waals surface area contributed by atoms with E-state index in [9.17, 15) is 4.79 Å². The molecule has 0 saturated carbocycles. The van der Waals surface area contributed by atoms with Crippen LogP contribution in [-0.2, 0) is 17.8 Å². The lowest BCUT2D eigenvalue weighted by atomic mass is 10.1. The molecule has 3 aromatic rings. The molecule has 1 N–H and O–H groups in total. The minimum absolute atomic E-state index is 0.00459. The van der Waals surface area contributed by atoms with E-state index in [0.29, 0.717) is 29.4 Å². The Labute approximate surface area is 144 Å². The maximum atomic E-state index is 11.9. The van der Waals surface area contributed by atoms with Gasteiger partial charge in [0.05, 0.1) is 17.3 Å². The minimum Gasteiger partial charge on any atom is -0.350 e. The number of rotatable bonds is 5. The maximum Gasteiger partial charge on any atom is 0.220 e. The van der Waals surface area contributed by atoms with Gasteiger partial charge in [0.2, 0.25) is 5.91 Å². The van der Waals surface area contributed by atoms with E-state index in [1.165, 1.54) is 0 Å². The third-order valence-corrected chi connectivity index (χ3v) is 3.96. The van der Waals surface area contributed by atoms with Gasteiger partial charge in [0.15, 0.2) is 0 Å². The number of aromatic nitrogens is 2. The summed E-state index contributed by atoms with van der Waals surface area (Å²) < 4.78 is 1.84. The van der Waals surface area contributed by atoms with Crippen molar-refractivity contribution in [1.29, 1.82) is 0 Å². The first-order valence-corrected chi connectivity index (χ1v) is 8.00. The van der Waals surface area contributed by atoms with Crippen molar-refractivity contribution in [3.63, 3.8) is 0 Å². The largest absolute Gasteiger partial charge is 0.350 e. The van der Waals surface area contributed by atoms with Gasteiger partial charge in [-0.3, -0.25) is 4.79 Å². The number of nitrogens with zero attached hydrogens (tertiary/aromatic N) is 2. The number of nitrogens with one attached hydrogen (secondary N) is 1. The molecule has 0 aliphatic carbocycles. The van der Waals surface area contributed by atoms with Crippen molar-refractivity contribution >= 4 is 34.8 Å². The monoisotopic (exact) mass is 347 g/mol. The zero-order valence-corrected chi connectivity index (χ0v) is 13.8. The molecule has 2 aromatic heterocycles. The van der Waals surface area contributed by atoms with E-state index in [2.05, 4.69) is 10.3 Å². The fourth-order valence-electron chi connectivity index (χ4n) is 2.29. The number of benzene rings is 1. The molecule has 118 valence electrons. The number of imidazole rings is 1. The quantitative estimate of drug-likeness (QED) is 0.760. The second-order valence-electron chi connectivity index (χ2n) is 5.25. The zero-order valence-electron chi connectivity index (χ0n) is 12.3. The van der Waals surface area contributed by atoms with Crippen LogP contribution in [0.15, 0.2) is 48.8 Å². The smallest absolute Gasteiger partial charge is 0.220 e. The van der Waals surface area contributed by atoms with Crippen LogP contribution in [0.4, 0.5) is 0 Å². The highest BCUT2D eigenvalue weighted by Gasteiger charge is 2.06. The molecular weight excluding hydrogens is 333 g/mol. The van der Waals surface area contributed by atoms with E-state index in [-0.39, 0.29) is 5.91 Å². The predicted molar refractivity (Wildman–Crippen MR) is 91.8 cm³/mol. The van der Waals surface area contributed by atoms with Gasteiger partial charge in [-0.1, -0.05) is 35.3 Å². The Bertz CT molecular complexity index is 827. The highest BCUT2D eigenvalue weighted by Crippen LogP contribution is 2.12. The summed E-state index contributed by atoms with van der Waals surface area (Å²) in [7, 11) is 0. The van der Waals surface area contributed by atoms with E-state index < -0.39 is 0 Å². The molecule has 0 saturated heterocycles. The van der Waals surface area contributed by atoms with Crippen LogP contribution >= 0.6 is 23.2 Å². The van der Waals surface area contributed by atoms with Gasteiger partial charge in [-0.05, 0) is 36.2 Å². The molecule has 23 heavy (non-hydrogen) atoms.